The van der Waals surface area contributed by atoms with Gasteiger partial charge in [0.15, 0.2) is 0 Å². The Morgan fingerprint density at radius 3 is 2.43 bits per heavy atom. The van der Waals surface area contributed by atoms with Gasteiger partial charge in [-0.1, -0.05) is 0 Å². The minimum absolute atomic E-state index is 0.0532. The standard InChI is InChI=1S/C21H25N7OS/c1-15-13-19(23-21(22-15)28-7-3-2-4-8-28)26-9-11-27(12-10-26)20(29)16-5-6-17-18(14-16)25-30-24-17/h5-6,13-14H,2-4,7-12H2,1H3. The average molecular weight is 424 g/mol. The van der Waals surface area contributed by atoms with Gasteiger partial charge < -0.3 is 14.7 Å². The van der Waals surface area contributed by atoms with Crippen molar-refractivity contribution in [2.45, 2.75) is 26.2 Å². The SMILES string of the molecule is Cc1cc(N2CCN(C(=O)c3ccc4nsnc4c3)CC2)nc(N2CCCCC2)n1. The van der Waals surface area contributed by atoms with Crippen molar-refractivity contribution in [3.05, 3.63) is 35.5 Å². The highest BCUT2D eigenvalue weighted by Gasteiger charge is 2.24. The zero-order chi connectivity index (χ0) is 20.5. The van der Waals surface area contributed by atoms with Crippen LogP contribution in [0.5, 0.6) is 0 Å². The summed E-state index contributed by atoms with van der Waals surface area (Å²) in [7, 11) is 0. The van der Waals surface area contributed by atoms with E-state index in [9.17, 15) is 4.79 Å². The molecule has 2 aliphatic rings. The van der Waals surface area contributed by atoms with Gasteiger partial charge in [0.25, 0.3) is 5.91 Å². The summed E-state index contributed by atoms with van der Waals surface area (Å²) in [6.45, 7) is 6.97. The predicted octanol–water partition coefficient (Wildman–Crippen LogP) is 2.74. The zero-order valence-corrected chi connectivity index (χ0v) is 17.9. The van der Waals surface area contributed by atoms with Gasteiger partial charge in [-0.05, 0) is 44.4 Å². The molecule has 1 aromatic carbocycles. The molecule has 0 unspecified atom stereocenters. The minimum Gasteiger partial charge on any atom is -0.353 e. The molecule has 0 N–H and O–H groups in total. The quantitative estimate of drug-likeness (QED) is 0.641. The number of hydrogen-bond acceptors (Lipinski definition) is 8. The Morgan fingerprint density at radius 2 is 1.63 bits per heavy atom. The third kappa shape index (κ3) is 3.81. The van der Waals surface area contributed by atoms with Crippen LogP contribution in [0.2, 0.25) is 0 Å². The van der Waals surface area contributed by atoms with E-state index in [0.29, 0.717) is 18.7 Å². The molecule has 0 atom stereocenters. The van der Waals surface area contributed by atoms with Crippen LogP contribution in [0, 0.1) is 6.92 Å². The Labute approximate surface area is 179 Å². The maximum Gasteiger partial charge on any atom is 0.254 e. The van der Waals surface area contributed by atoms with Crippen LogP contribution in [0.25, 0.3) is 11.0 Å². The first-order chi connectivity index (χ1) is 14.7. The maximum absolute atomic E-state index is 13.0. The first-order valence-corrected chi connectivity index (χ1v) is 11.3. The lowest BCUT2D eigenvalue weighted by atomic mass is 10.1. The predicted molar refractivity (Wildman–Crippen MR) is 118 cm³/mol. The third-order valence-corrected chi connectivity index (χ3v) is 6.42. The molecule has 0 aliphatic carbocycles. The number of fused-ring (bicyclic) bond motifs is 1. The van der Waals surface area contributed by atoms with Gasteiger partial charge >= 0.3 is 0 Å². The Kier molecular flexibility index (Phi) is 5.20. The topological polar surface area (TPSA) is 78.3 Å². The summed E-state index contributed by atoms with van der Waals surface area (Å²) in [4.78, 5) is 29.0. The number of carbonyl (C=O) groups excluding carboxylic acids is 1. The molecule has 0 radical (unpaired) electrons. The van der Waals surface area contributed by atoms with Gasteiger partial charge in [0.05, 0.1) is 11.7 Å². The maximum atomic E-state index is 13.0. The molecular formula is C21H25N7OS. The van der Waals surface area contributed by atoms with Crippen molar-refractivity contribution < 1.29 is 4.79 Å². The van der Waals surface area contributed by atoms with Crippen molar-refractivity contribution in [3.8, 4) is 0 Å². The largest absolute Gasteiger partial charge is 0.353 e. The molecule has 5 rings (SSSR count). The number of piperazine rings is 1. The van der Waals surface area contributed by atoms with E-state index in [2.05, 4.69) is 23.5 Å². The Balaban J connectivity index is 1.27. The number of aromatic nitrogens is 4. The molecule has 1 amide bonds. The smallest absolute Gasteiger partial charge is 0.254 e. The van der Waals surface area contributed by atoms with E-state index in [0.717, 1.165) is 54.7 Å². The number of anilines is 2. The second-order valence-corrected chi connectivity index (χ2v) is 8.49. The molecule has 2 fully saturated rings. The van der Waals surface area contributed by atoms with Gasteiger partial charge in [-0.3, -0.25) is 4.79 Å². The first-order valence-electron chi connectivity index (χ1n) is 10.5. The summed E-state index contributed by atoms with van der Waals surface area (Å²) in [5, 5.41) is 0. The third-order valence-electron chi connectivity index (χ3n) is 5.86. The minimum atomic E-state index is 0.0532. The van der Waals surface area contributed by atoms with Gasteiger partial charge in [-0.25, -0.2) is 4.98 Å². The lowest BCUT2D eigenvalue weighted by Gasteiger charge is -2.36. The van der Waals surface area contributed by atoms with Crippen molar-refractivity contribution in [2.75, 3.05) is 49.1 Å². The summed E-state index contributed by atoms with van der Waals surface area (Å²) >= 11 is 1.17. The van der Waals surface area contributed by atoms with E-state index in [4.69, 9.17) is 4.98 Å². The van der Waals surface area contributed by atoms with Crippen LogP contribution >= 0.6 is 11.7 Å². The Hall–Kier alpha value is -2.81. The molecule has 0 saturated carbocycles. The fourth-order valence-electron chi connectivity index (χ4n) is 4.17. The summed E-state index contributed by atoms with van der Waals surface area (Å²) in [5.74, 6) is 1.86. The molecule has 30 heavy (non-hydrogen) atoms. The molecule has 2 aliphatic heterocycles. The van der Waals surface area contributed by atoms with E-state index < -0.39 is 0 Å². The molecular weight excluding hydrogens is 398 g/mol. The number of aryl methyl sites for hydroxylation is 1. The van der Waals surface area contributed by atoms with E-state index in [-0.39, 0.29) is 5.91 Å². The molecule has 2 aromatic heterocycles. The molecule has 0 bridgehead atoms. The summed E-state index contributed by atoms with van der Waals surface area (Å²) in [5.41, 5.74) is 3.29. The fraction of sp³-hybridized carbons (Fsp3) is 0.476. The summed E-state index contributed by atoms with van der Waals surface area (Å²) < 4.78 is 8.45. The molecule has 3 aromatic rings. The van der Waals surface area contributed by atoms with Gasteiger partial charge in [0, 0.05) is 56.6 Å². The second-order valence-electron chi connectivity index (χ2n) is 7.96. The number of hydrogen-bond donors (Lipinski definition) is 0. The molecule has 4 heterocycles. The Bertz CT molecular complexity index is 1050. The van der Waals surface area contributed by atoms with Crippen molar-refractivity contribution >= 4 is 40.4 Å². The number of benzene rings is 1. The van der Waals surface area contributed by atoms with Crippen molar-refractivity contribution in [1.29, 1.82) is 0 Å². The van der Waals surface area contributed by atoms with Crippen LogP contribution < -0.4 is 9.80 Å². The highest BCUT2D eigenvalue weighted by Crippen LogP contribution is 2.22. The fourth-order valence-corrected chi connectivity index (χ4v) is 4.69. The van der Waals surface area contributed by atoms with Crippen LogP contribution in [-0.2, 0) is 0 Å². The van der Waals surface area contributed by atoms with Crippen LogP contribution in [0.1, 0.15) is 35.3 Å². The number of amides is 1. The Morgan fingerprint density at radius 1 is 0.867 bits per heavy atom. The van der Waals surface area contributed by atoms with E-state index in [1.165, 1.54) is 31.0 Å². The summed E-state index contributed by atoms with van der Waals surface area (Å²) in [6.07, 6.45) is 3.70. The van der Waals surface area contributed by atoms with Crippen molar-refractivity contribution in [2.24, 2.45) is 0 Å². The number of rotatable bonds is 3. The second kappa shape index (κ2) is 8.14. The normalized spacial score (nSPS) is 17.6. The van der Waals surface area contributed by atoms with Crippen LogP contribution in [0.4, 0.5) is 11.8 Å². The van der Waals surface area contributed by atoms with Gasteiger partial charge in [-0.15, -0.1) is 0 Å². The van der Waals surface area contributed by atoms with E-state index in [1.54, 1.807) is 0 Å². The van der Waals surface area contributed by atoms with E-state index >= 15 is 0 Å². The van der Waals surface area contributed by atoms with Crippen LogP contribution in [0.3, 0.4) is 0 Å². The van der Waals surface area contributed by atoms with E-state index in [1.807, 2.05) is 36.1 Å². The van der Waals surface area contributed by atoms with Gasteiger partial charge in [0.1, 0.15) is 16.9 Å². The van der Waals surface area contributed by atoms with Crippen molar-refractivity contribution in [1.82, 2.24) is 23.6 Å². The molecule has 8 nitrogen and oxygen atoms in total. The summed E-state index contributed by atoms with van der Waals surface area (Å²) in [6, 6.07) is 7.60. The molecule has 156 valence electrons. The van der Waals surface area contributed by atoms with Gasteiger partial charge in [-0.2, -0.15) is 13.7 Å². The number of nitrogens with zero attached hydrogens (tertiary/aromatic N) is 7. The lowest BCUT2D eigenvalue weighted by molar-refractivity contribution is 0.0746. The first kappa shape index (κ1) is 19.2. The van der Waals surface area contributed by atoms with Crippen molar-refractivity contribution in [3.63, 3.8) is 0 Å². The zero-order valence-electron chi connectivity index (χ0n) is 17.1. The molecule has 0 spiro atoms. The van der Waals surface area contributed by atoms with Crippen LogP contribution in [-0.4, -0.2) is 68.8 Å². The van der Waals surface area contributed by atoms with Gasteiger partial charge in [0.2, 0.25) is 5.95 Å². The number of piperidine rings is 1. The molecule has 2 saturated heterocycles. The monoisotopic (exact) mass is 423 g/mol. The average Bonchev–Trinajstić information content (AvgIpc) is 3.27. The lowest BCUT2D eigenvalue weighted by Crippen LogP contribution is -2.49. The van der Waals surface area contributed by atoms with Crippen LogP contribution in [0.15, 0.2) is 24.3 Å². The number of carbonyl (C=O) groups is 1. The highest BCUT2D eigenvalue weighted by molar-refractivity contribution is 7.00. The highest BCUT2D eigenvalue weighted by atomic mass is 32.1. The molecule has 9 heteroatoms.